The van der Waals surface area contributed by atoms with Gasteiger partial charge in [0, 0.05) is 0 Å². The quantitative estimate of drug-likeness (QED) is 0.477. The Balaban J connectivity index is 0.00000180. The summed E-state index contributed by atoms with van der Waals surface area (Å²) in [4.78, 5) is 8.67. The van der Waals surface area contributed by atoms with Crippen molar-refractivity contribution in [2.45, 2.75) is 0 Å². The summed E-state index contributed by atoms with van der Waals surface area (Å²) < 4.78 is 5.25. The van der Waals surface area contributed by atoms with Gasteiger partial charge in [0.05, 0.1) is 28.9 Å². The number of hydrogen-bond acceptors (Lipinski definition) is 3. The van der Waals surface area contributed by atoms with Crippen molar-refractivity contribution < 1.29 is 23.6 Å². The maximum absolute atomic E-state index is 6.13. The maximum atomic E-state index is 6.13. The summed E-state index contributed by atoms with van der Waals surface area (Å²) in [5.41, 5.74) is 1.25. The molecular formula is C15H14ClLiN2O-2. The van der Waals surface area contributed by atoms with Crippen LogP contribution >= 0.6 is 11.6 Å². The number of benzene rings is 1. The average molecular weight is 281 g/mol. The fraction of sp³-hybridized carbons (Fsp3) is 0.0667. The van der Waals surface area contributed by atoms with E-state index in [-0.39, 0.29) is 26.3 Å². The molecule has 1 aromatic carbocycles. The predicted octanol–water partition coefficient (Wildman–Crippen LogP) is 0.953. The van der Waals surface area contributed by atoms with Crippen LogP contribution in [0.5, 0.6) is 5.88 Å². The molecule has 0 saturated heterocycles. The molecule has 0 spiro atoms. The monoisotopic (exact) mass is 280 g/mol. The van der Waals surface area contributed by atoms with E-state index in [1.807, 2.05) is 12.1 Å². The van der Waals surface area contributed by atoms with E-state index >= 15 is 0 Å². The summed E-state index contributed by atoms with van der Waals surface area (Å²) in [6, 6.07) is 5.44. The van der Waals surface area contributed by atoms with Gasteiger partial charge in [-0.05, 0) is 12.1 Å². The molecule has 0 fully saturated rings. The number of ether oxygens (including phenoxy) is 1. The first-order valence-electron chi connectivity index (χ1n) is 5.26. The molecule has 1 aromatic heterocycles. The second-order valence-electron chi connectivity index (χ2n) is 3.52. The Bertz CT molecular complexity index is 641. The topological polar surface area (TPSA) is 35.0 Å². The van der Waals surface area contributed by atoms with Gasteiger partial charge in [-0.2, -0.15) is 0 Å². The van der Waals surface area contributed by atoms with Gasteiger partial charge in [-0.25, -0.2) is 29.0 Å². The van der Waals surface area contributed by atoms with Gasteiger partial charge in [-0.1, -0.05) is 17.7 Å². The van der Waals surface area contributed by atoms with E-state index in [0.717, 1.165) is 5.39 Å². The Labute approximate surface area is 136 Å². The minimum atomic E-state index is 0. The van der Waals surface area contributed by atoms with Crippen molar-refractivity contribution in [3.8, 4) is 5.88 Å². The Morgan fingerprint density at radius 2 is 2.10 bits per heavy atom. The van der Waals surface area contributed by atoms with Crippen LogP contribution in [-0.2, 0) is 0 Å². The van der Waals surface area contributed by atoms with Crippen LogP contribution in [0.2, 0.25) is 5.02 Å². The summed E-state index contributed by atoms with van der Waals surface area (Å²) in [6.45, 7) is 9.17. The fourth-order valence-electron chi connectivity index (χ4n) is 1.61. The molecule has 20 heavy (non-hydrogen) atoms. The van der Waals surface area contributed by atoms with Crippen LogP contribution in [0, 0.1) is 20.9 Å². The molecule has 0 amide bonds. The van der Waals surface area contributed by atoms with Crippen molar-refractivity contribution in [2.75, 3.05) is 7.11 Å². The second-order valence-corrected chi connectivity index (χ2v) is 3.93. The molecule has 0 unspecified atom stereocenters. The SMILES string of the molecule is [CH-]=C/C(=C\[CH2-])c1nc(OC)c2cccc(Cl)c2n1.[CH3-].[Li+]. The van der Waals surface area contributed by atoms with Crippen molar-refractivity contribution in [1.29, 1.82) is 0 Å². The van der Waals surface area contributed by atoms with Crippen LogP contribution in [0.4, 0.5) is 0 Å². The third-order valence-electron chi connectivity index (χ3n) is 2.49. The number of para-hydroxylation sites is 1. The minimum absolute atomic E-state index is 0. The predicted molar refractivity (Wildman–Crippen MR) is 79.7 cm³/mol. The van der Waals surface area contributed by atoms with Gasteiger partial charge in [0.15, 0.2) is 0 Å². The zero-order valence-corrected chi connectivity index (χ0v) is 12.6. The van der Waals surface area contributed by atoms with E-state index in [1.165, 1.54) is 6.08 Å². The van der Waals surface area contributed by atoms with Crippen molar-refractivity contribution >= 4 is 28.1 Å². The molecule has 0 atom stereocenters. The van der Waals surface area contributed by atoms with Crippen LogP contribution in [-0.4, -0.2) is 17.1 Å². The number of rotatable bonds is 3. The van der Waals surface area contributed by atoms with E-state index in [0.29, 0.717) is 27.8 Å². The third kappa shape index (κ3) is 3.37. The number of methoxy groups -OCH3 is 1. The van der Waals surface area contributed by atoms with E-state index < -0.39 is 0 Å². The van der Waals surface area contributed by atoms with Gasteiger partial charge in [0.2, 0.25) is 5.88 Å². The molecular weight excluding hydrogens is 267 g/mol. The van der Waals surface area contributed by atoms with E-state index in [9.17, 15) is 0 Å². The minimum Gasteiger partial charge on any atom is -0.480 e. The van der Waals surface area contributed by atoms with Gasteiger partial charge in [0.25, 0.3) is 0 Å². The summed E-state index contributed by atoms with van der Waals surface area (Å²) in [5, 5.41) is 1.30. The number of aromatic nitrogens is 2. The average Bonchev–Trinajstić information content (AvgIpc) is 2.40. The van der Waals surface area contributed by atoms with E-state index in [4.69, 9.17) is 22.9 Å². The number of fused-ring (bicyclic) bond motifs is 1. The Morgan fingerprint density at radius 1 is 1.40 bits per heavy atom. The molecule has 0 radical (unpaired) electrons. The van der Waals surface area contributed by atoms with Crippen LogP contribution in [0.25, 0.3) is 16.5 Å². The van der Waals surface area contributed by atoms with Crippen molar-refractivity contribution in [3.05, 3.63) is 62.1 Å². The zero-order chi connectivity index (χ0) is 13.1. The first-order valence-corrected chi connectivity index (χ1v) is 5.64. The van der Waals surface area contributed by atoms with Gasteiger partial charge in [0.1, 0.15) is 0 Å². The van der Waals surface area contributed by atoms with E-state index in [2.05, 4.69) is 16.9 Å². The molecule has 5 heteroatoms. The zero-order valence-electron chi connectivity index (χ0n) is 11.9. The molecule has 1 heterocycles. The number of nitrogens with zero attached hydrogens (tertiary/aromatic N) is 2. The summed E-state index contributed by atoms with van der Waals surface area (Å²) in [7, 11) is 1.55. The standard InChI is InChI=1S/C14H11ClN2O.CH3.Li/c1-4-9(5-2)13-16-12-10(14(17-13)18-3)7-6-8-11(12)15;;/h1,4-8H,2H2,3H3;1H3;/q-2;-1;+1/b9-5+;;. The molecule has 100 valence electrons. The molecule has 0 N–H and O–H groups in total. The van der Waals surface area contributed by atoms with Crippen LogP contribution < -0.4 is 23.6 Å². The van der Waals surface area contributed by atoms with Crippen molar-refractivity contribution in [2.24, 2.45) is 0 Å². The number of allylic oxidation sites excluding steroid dienone is 3. The first-order chi connectivity index (χ1) is 8.71. The fourth-order valence-corrected chi connectivity index (χ4v) is 1.82. The summed E-state index contributed by atoms with van der Waals surface area (Å²) in [5.74, 6) is 0.892. The molecule has 3 nitrogen and oxygen atoms in total. The molecule has 2 aromatic rings. The van der Waals surface area contributed by atoms with Crippen molar-refractivity contribution in [1.82, 2.24) is 9.97 Å². The number of halogens is 1. The Kier molecular flexibility index (Phi) is 7.45. The molecule has 0 aliphatic carbocycles. The molecule has 0 aliphatic heterocycles. The number of hydrogen-bond donors (Lipinski definition) is 0. The second kappa shape index (κ2) is 8.01. The van der Waals surface area contributed by atoms with Gasteiger partial charge in [-0.3, -0.25) is 6.58 Å². The molecule has 2 rings (SSSR count). The summed E-state index contributed by atoms with van der Waals surface area (Å²) >= 11 is 6.13. The Morgan fingerprint density at radius 3 is 2.65 bits per heavy atom. The van der Waals surface area contributed by atoms with Gasteiger partial charge < -0.3 is 12.2 Å². The summed E-state index contributed by atoms with van der Waals surface area (Å²) in [6.07, 6.45) is 2.97. The van der Waals surface area contributed by atoms with Crippen LogP contribution in [0.3, 0.4) is 0 Å². The molecule has 0 bridgehead atoms. The Hall–Kier alpha value is -1.40. The van der Waals surface area contributed by atoms with Crippen molar-refractivity contribution in [3.63, 3.8) is 0 Å². The first kappa shape index (κ1) is 18.6. The van der Waals surface area contributed by atoms with Gasteiger partial charge >= 0.3 is 18.9 Å². The maximum Gasteiger partial charge on any atom is 1.00 e. The normalized spacial score (nSPS) is 10.4. The smallest absolute Gasteiger partial charge is 0.480 e. The van der Waals surface area contributed by atoms with E-state index in [1.54, 1.807) is 19.3 Å². The molecule has 0 saturated carbocycles. The third-order valence-corrected chi connectivity index (χ3v) is 2.80. The van der Waals surface area contributed by atoms with Crippen LogP contribution in [0.1, 0.15) is 5.82 Å². The molecule has 0 aliphatic rings. The van der Waals surface area contributed by atoms with Gasteiger partial charge in [-0.15, -0.1) is 5.57 Å². The largest absolute Gasteiger partial charge is 1.00 e. The van der Waals surface area contributed by atoms with Crippen LogP contribution in [0.15, 0.2) is 30.4 Å².